The zero-order valence-electron chi connectivity index (χ0n) is 31.0. The third-order valence-corrected chi connectivity index (χ3v) is 9.51. The fraction of sp³-hybridized carbons (Fsp3) is 0.239. The van der Waals surface area contributed by atoms with Gasteiger partial charge in [-0.15, -0.1) is 0 Å². The summed E-state index contributed by atoms with van der Waals surface area (Å²) in [5.41, 5.74) is 3.81. The highest BCUT2D eigenvalue weighted by Gasteiger charge is 2.44. The number of nitrogens with one attached hydrogen (secondary N) is 1. The number of carbonyl (C=O) groups is 1. The first-order chi connectivity index (χ1) is 27.6. The van der Waals surface area contributed by atoms with E-state index in [0.717, 1.165) is 22.3 Å². The fourth-order valence-electron chi connectivity index (χ4n) is 6.63. The number of aromatic nitrogens is 2. The predicted octanol–water partition coefficient (Wildman–Crippen LogP) is 7.76. The molecule has 0 unspecified atom stereocenters. The lowest BCUT2D eigenvalue weighted by Gasteiger charge is -2.34. The molecule has 1 N–H and O–H groups in total. The van der Waals surface area contributed by atoms with E-state index in [1.54, 1.807) is 36.5 Å². The largest absolute Gasteiger partial charge is 0.374 e. The van der Waals surface area contributed by atoms with Crippen LogP contribution < -0.4 is 11.0 Å². The van der Waals surface area contributed by atoms with Crippen LogP contribution in [0.4, 0.5) is 5.82 Å². The van der Waals surface area contributed by atoms with Crippen LogP contribution in [0.25, 0.3) is 0 Å². The summed E-state index contributed by atoms with van der Waals surface area (Å²) in [5.74, 6) is -0.246. The topological polar surface area (TPSA) is 110 Å². The van der Waals surface area contributed by atoms with E-state index in [-0.39, 0.29) is 31.4 Å². The summed E-state index contributed by atoms with van der Waals surface area (Å²) in [6.45, 7) is 1.35. The molecule has 0 spiro atoms. The molecule has 1 aliphatic rings. The van der Waals surface area contributed by atoms with E-state index >= 15 is 0 Å². The van der Waals surface area contributed by atoms with Gasteiger partial charge in [0.15, 0.2) is 0 Å². The third kappa shape index (κ3) is 10.7. The molecule has 5 aromatic carbocycles. The van der Waals surface area contributed by atoms with Crippen molar-refractivity contribution in [3.8, 4) is 0 Å². The molecule has 0 bridgehead atoms. The first-order valence-electron chi connectivity index (χ1n) is 18.8. The second-order valence-corrected chi connectivity index (χ2v) is 13.5. The molecule has 1 aliphatic heterocycles. The highest BCUT2D eigenvalue weighted by atomic mass is 16.6. The summed E-state index contributed by atoms with van der Waals surface area (Å²) in [6.07, 6.45) is -1.69. The molecule has 7 rings (SSSR count). The van der Waals surface area contributed by atoms with Crippen LogP contribution >= 0.6 is 0 Å². The molecule has 1 aromatic heterocycles. The lowest BCUT2D eigenvalue weighted by atomic mass is 10.0. The molecule has 10 nitrogen and oxygen atoms in total. The van der Waals surface area contributed by atoms with Gasteiger partial charge in [0.05, 0.1) is 39.1 Å². The van der Waals surface area contributed by atoms with Crippen molar-refractivity contribution in [3.63, 3.8) is 0 Å². The molecular formula is C46H45N3O7. The zero-order chi connectivity index (χ0) is 38.4. The van der Waals surface area contributed by atoms with Crippen LogP contribution in [0.1, 0.15) is 45.3 Å². The van der Waals surface area contributed by atoms with Gasteiger partial charge >= 0.3 is 5.69 Å². The average molecular weight is 752 g/mol. The lowest BCUT2D eigenvalue weighted by Crippen LogP contribution is -2.48. The maximum atomic E-state index is 13.8. The molecule has 286 valence electrons. The minimum absolute atomic E-state index is 0.126. The van der Waals surface area contributed by atoms with Gasteiger partial charge in [-0.3, -0.25) is 9.36 Å². The summed E-state index contributed by atoms with van der Waals surface area (Å²) in [7, 11) is 0. The molecule has 1 fully saturated rings. The van der Waals surface area contributed by atoms with Crippen LogP contribution in [0, 0.1) is 0 Å². The average Bonchev–Trinajstić information content (AvgIpc) is 3.39. The number of hydrogen-bond acceptors (Lipinski definition) is 8. The van der Waals surface area contributed by atoms with Crippen LogP contribution in [0.5, 0.6) is 0 Å². The Bertz CT molecular complexity index is 2140. The molecule has 2 heterocycles. The van der Waals surface area contributed by atoms with E-state index < -0.39 is 36.3 Å². The number of anilines is 1. The van der Waals surface area contributed by atoms with Crippen molar-refractivity contribution < 1.29 is 28.5 Å². The molecule has 0 saturated carbocycles. The fourth-order valence-corrected chi connectivity index (χ4v) is 6.63. The Hall–Kier alpha value is -5.75. The van der Waals surface area contributed by atoms with E-state index in [9.17, 15) is 9.59 Å². The summed E-state index contributed by atoms with van der Waals surface area (Å²) >= 11 is 0. The molecular weight excluding hydrogens is 707 g/mol. The summed E-state index contributed by atoms with van der Waals surface area (Å²) in [5, 5.41) is 2.73. The normalized spacial score (nSPS) is 19.5. The highest BCUT2D eigenvalue weighted by molar-refractivity contribution is 6.03. The van der Waals surface area contributed by atoms with Crippen LogP contribution in [-0.2, 0) is 50.1 Å². The summed E-state index contributed by atoms with van der Waals surface area (Å²) < 4.78 is 35.1. The van der Waals surface area contributed by atoms with Gasteiger partial charge in [-0.1, -0.05) is 140 Å². The Labute approximate surface area is 326 Å². The van der Waals surface area contributed by atoms with Gasteiger partial charge in [-0.05, 0) is 40.5 Å². The Kier molecular flexibility index (Phi) is 13.6. The predicted molar refractivity (Wildman–Crippen MR) is 213 cm³/mol. The van der Waals surface area contributed by atoms with Crippen molar-refractivity contribution in [1.82, 2.24) is 9.55 Å². The second kappa shape index (κ2) is 19.7. The molecule has 56 heavy (non-hydrogen) atoms. The number of ether oxygens (including phenoxy) is 5. The first kappa shape index (κ1) is 38.5. The van der Waals surface area contributed by atoms with Gasteiger partial charge in [0.25, 0.3) is 5.91 Å². The zero-order valence-corrected chi connectivity index (χ0v) is 31.0. The molecule has 1 saturated heterocycles. The molecule has 6 aromatic rings. The quantitative estimate of drug-likeness (QED) is 0.107. The Morgan fingerprint density at radius 2 is 1.11 bits per heavy atom. The van der Waals surface area contributed by atoms with Crippen molar-refractivity contribution in [3.05, 3.63) is 202 Å². The number of amides is 1. The number of benzene rings is 5. The molecule has 5 atom stereocenters. The van der Waals surface area contributed by atoms with Crippen molar-refractivity contribution in [2.24, 2.45) is 0 Å². The summed E-state index contributed by atoms with van der Waals surface area (Å²) in [6, 6.07) is 50.0. The van der Waals surface area contributed by atoms with Crippen LogP contribution in [0.3, 0.4) is 0 Å². The number of hydrogen-bond donors (Lipinski definition) is 1. The SMILES string of the molecule is O=C(Nc1ccn([C@H]2C[C@H](OCc3ccccc3)[C@H](OCc3ccccc3)[C@@H](OCc3ccccc3)[C@@H](COCc3ccccc3)O2)c(=O)n1)c1ccccc1. The van der Waals surface area contributed by atoms with Crippen molar-refractivity contribution in [1.29, 1.82) is 0 Å². The maximum absolute atomic E-state index is 13.8. The maximum Gasteiger partial charge on any atom is 0.351 e. The lowest BCUT2D eigenvalue weighted by molar-refractivity contribution is -0.185. The Morgan fingerprint density at radius 3 is 1.64 bits per heavy atom. The monoisotopic (exact) mass is 751 g/mol. The first-order valence-corrected chi connectivity index (χ1v) is 18.8. The molecule has 1 amide bonds. The Morgan fingerprint density at radius 1 is 0.625 bits per heavy atom. The van der Waals surface area contributed by atoms with E-state index in [1.807, 2.05) is 127 Å². The van der Waals surface area contributed by atoms with Crippen LogP contribution in [0.15, 0.2) is 169 Å². The standard InChI is InChI=1S/C46H45N3O7/c50-45(38-24-14-5-15-25-38)47-41-26-27-49(46(51)48-41)42-28-39(53-30-35-18-8-2-9-19-35)43(54-31-36-20-10-3-11-21-36)44(55-32-37-22-12-4-13-23-37)40(56-42)33-52-29-34-16-6-1-7-17-34/h1-27,39-40,42-44H,28-33H2,(H,47,48,50,51)/t39-,40+,42+,43-,44-/m0/s1. The van der Waals surface area contributed by atoms with Gasteiger partial charge in [-0.2, -0.15) is 4.98 Å². The smallest absolute Gasteiger partial charge is 0.351 e. The van der Waals surface area contributed by atoms with Gasteiger partial charge in [0.2, 0.25) is 0 Å². The minimum atomic E-state index is -0.854. The number of nitrogens with zero attached hydrogens (tertiary/aromatic N) is 2. The van der Waals surface area contributed by atoms with Crippen LogP contribution in [0.2, 0.25) is 0 Å². The van der Waals surface area contributed by atoms with E-state index in [2.05, 4.69) is 10.3 Å². The van der Waals surface area contributed by atoms with Crippen molar-refractivity contribution >= 4 is 11.7 Å². The van der Waals surface area contributed by atoms with E-state index in [4.69, 9.17) is 23.7 Å². The van der Waals surface area contributed by atoms with Crippen LogP contribution in [-0.4, -0.2) is 46.5 Å². The van der Waals surface area contributed by atoms with Crippen molar-refractivity contribution in [2.45, 2.75) is 63.5 Å². The van der Waals surface area contributed by atoms with Crippen molar-refractivity contribution in [2.75, 3.05) is 11.9 Å². The second-order valence-electron chi connectivity index (χ2n) is 13.5. The third-order valence-electron chi connectivity index (χ3n) is 9.51. The number of carbonyl (C=O) groups excluding carboxylic acids is 1. The molecule has 0 aliphatic carbocycles. The van der Waals surface area contributed by atoms with Gasteiger partial charge in [0, 0.05) is 18.2 Å². The Balaban J connectivity index is 1.23. The molecule has 0 radical (unpaired) electrons. The van der Waals surface area contributed by atoms with E-state index in [1.165, 1.54) is 4.57 Å². The number of rotatable bonds is 16. The summed E-state index contributed by atoms with van der Waals surface area (Å²) in [4.78, 5) is 31.0. The highest BCUT2D eigenvalue weighted by Crippen LogP contribution is 2.33. The van der Waals surface area contributed by atoms with Gasteiger partial charge < -0.3 is 29.0 Å². The van der Waals surface area contributed by atoms with Gasteiger partial charge in [-0.25, -0.2) is 4.79 Å². The van der Waals surface area contributed by atoms with E-state index in [0.29, 0.717) is 25.4 Å². The minimum Gasteiger partial charge on any atom is -0.374 e. The molecule has 10 heteroatoms. The van der Waals surface area contributed by atoms with Gasteiger partial charge in [0.1, 0.15) is 30.4 Å².